The van der Waals surface area contributed by atoms with Crippen LogP contribution in [0.2, 0.25) is 5.02 Å². The summed E-state index contributed by atoms with van der Waals surface area (Å²) < 4.78 is 11.0. The van der Waals surface area contributed by atoms with Gasteiger partial charge in [0.2, 0.25) is 11.8 Å². The second-order valence-corrected chi connectivity index (χ2v) is 7.51. The fourth-order valence-electron chi connectivity index (χ4n) is 3.21. The molecular weight excluding hydrogens is 392 g/mol. The number of halogens is 1. The Kier molecular flexibility index (Phi) is 9.32. The first kappa shape index (κ1) is 23.1. The van der Waals surface area contributed by atoms with Crippen molar-refractivity contribution in [2.45, 2.75) is 39.5 Å². The Morgan fingerprint density at radius 2 is 1.97 bits per heavy atom. The van der Waals surface area contributed by atoms with Gasteiger partial charge in [-0.1, -0.05) is 25.4 Å². The highest BCUT2D eigenvalue weighted by molar-refractivity contribution is 6.32. The molecule has 7 heteroatoms. The molecule has 0 unspecified atom stereocenters. The van der Waals surface area contributed by atoms with E-state index in [0.29, 0.717) is 55.6 Å². The van der Waals surface area contributed by atoms with Crippen molar-refractivity contribution in [1.82, 2.24) is 10.2 Å². The largest absolute Gasteiger partial charge is 0.493 e. The number of nitrogens with one attached hydrogen (secondary N) is 1. The van der Waals surface area contributed by atoms with Crippen molar-refractivity contribution in [2.75, 3.05) is 33.4 Å². The first-order valence-electron chi connectivity index (χ1n) is 10.2. The number of rotatable bonds is 9. The van der Waals surface area contributed by atoms with E-state index in [9.17, 15) is 9.59 Å². The summed E-state index contributed by atoms with van der Waals surface area (Å²) >= 11 is 6.32. The molecule has 1 fully saturated rings. The van der Waals surface area contributed by atoms with Crippen LogP contribution in [0, 0.1) is 5.92 Å². The summed E-state index contributed by atoms with van der Waals surface area (Å²) in [5, 5.41) is 3.38. The molecule has 1 N–H and O–H groups in total. The van der Waals surface area contributed by atoms with Crippen molar-refractivity contribution in [3.05, 3.63) is 28.8 Å². The zero-order chi connectivity index (χ0) is 21.2. The molecule has 0 saturated carbocycles. The molecule has 1 heterocycles. The summed E-state index contributed by atoms with van der Waals surface area (Å²) in [5.74, 6) is 1.08. The van der Waals surface area contributed by atoms with Gasteiger partial charge in [-0.2, -0.15) is 0 Å². The number of likely N-dealkylation sites (tertiary alicyclic amines) is 1. The SMILES string of the molecule is CCCNC(=O)C1CCN(C(=O)/C=C/c2cc(Cl)c(OCCC)c(OC)c2)CC1. The van der Waals surface area contributed by atoms with Crippen LogP contribution in [-0.4, -0.2) is 50.1 Å². The first-order chi connectivity index (χ1) is 14.0. The van der Waals surface area contributed by atoms with E-state index >= 15 is 0 Å². The Hall–Kier alpha value is -2.21. The second kappa shape index (κ2) is 11.7. The van der Waals surface area contributed by atoms with Crippen molar-refractivity contribution in [1.29, 1.82) is 0 Å². The Bertz CT molecular complexity index is 728. The van der Waals surface area contributed by atoms with Gasteiger partial charge in [0.15, 0.2) is 11.5 Å². The Morgan fingerprint density at radius 3 is 2.59 bits per heavy atom. The lowest BCUT2D eigenvalue weighted by Gasteiger charge is -2.30. The third-order valence-corrected chi connectivity index (χ3v) is 5.13. The number of amides is 2. The minimum absolute atomic E-state index is 0.00619. The molecule has 1 aliphatic heterocycles. The summed E-state index contributed by atoms with van der Waals surface area (Å²) in [5.41, 5.74) is 0.762. The predicted molar refractivity (Wildman–Crippen MR) is 115 cm³/mol. The van der Waals surface area contributed by atoms with Crippen LogP contribution in [0.1, 0.15) is 45.1 Å². The summed E-state index contributed by atoms with van der Waals surface area (Å²) in [7, 11) is 1.56. The smallest absolute Gasteiger partial charge is 0.246 e. The number of nitrogens with zero attached hydrogens (tertiary/aromatic N) is 1. The van der Waals surface area contributed by atoms with Crippen LogP contribution in [0.25, 0.3) is 6.08 Å². The van der Waals surface area contributed by atoms with Crippen molar-refractivity contribution in [2.24, 2.45) is 5.92 Å². The van der Waals surface area contributed by atoms with E-state index in [1.807, 2.05) is 13.8 Å². The van der Waals surface area contributed by atoms with E-state index < -0.39 is 0 Å². The number of piperidine rings is 1. The molecule has 0 aromatic heterocycles. The monoisotopic (exact) mass is 422 g/mol. The van der Waals surface area contributed by atoms with E-state index in [1.54, 1.807) is 30.2 Å². The zero-order valence-electron chi connectivity index (χ0n) is 17.5. The Morgan fingerprint density at radius 1 is 1.24 bits per heavy atom. The van der Waals surface area contributed by atoms with Gasteiger partial charge in [-0.25, -0.2) is 0 Å². The van der Waals surface area contributed by atoms with Gasteiger partial charge >= 0.3 is 0 Å². The van der Waals surface area contributed by atoms with Gasteiger partial charge in [-0.3, -0.25) is 9.59 Å². The van der Waals surface area contributed by atoms with Crippen LogP contribution in [0.4, 0.5) is 0 Å². The van der Waals surface area contributed by atoms with Gasteiger partial charge in [-0.15, -0.1) is 0 Å². The maximum atomic E-state index is 12.5. The molecular formula is C22H31ClN2O4. The van der Waals surface area contributed by atoms with E-state index in [0.717, 1.165) is 18.4 Å². The molecule has 1 aromatic carbocycles. The highest BCUT2D eigenvalue weighted by atomic mass is 35.5. The summed E-state index contributed by atoms with van der Waals surface area (Å²) in [6.07, 6.45) is 6.44. The second-order valence-electron chi connectivity index (χ2n) is 7.11. The standard InChI is InChI=1S/C22H31ClN2O4/c1-4-10-24-22(27)17-8-11-25(12-9-17)20(26)7-6-16-14-18(23)21(29-13-5-2)19(15-16)28-3/h6-7,14-15,17H,4-5,8-13H2,1-3H3,(H,24,27)/b7-6+. The lowest BCUT2D eigenvalue weighted by Crippen LogP contribution is -2.42. The van der Waals surface area contributed by atoms with E-state index in [1.165, 1.54) is 6.08 Å². The summed E-state index contributed by atoms with van der Waals surface area (Å²) in [6, 6.07) is 3.55. The molecule has 1 saturated heterocycles. The molecule has 2 amide bonds. The molecule has 1 aliphatic rings. The maximum Gasteiger partial charge on any atom is 0.246 e. The normalized spacial score (nSPS) is 14.8. The van der Waals surface area contributed by atoms with Crippen molar-refractivity contribution < 1.29 is 19.1 Å². The maximum absolute atomic E-state index is 12.5. The predicted octanol–water partition coefficient (Wildman–Crippen LogP) is 3.92. The highest BCUT2D eigenvalue weighted by Gasteiger charge is 2.26. The summed E-state index contributed by atoms with van der Waals surface area (Å²) in [6.45, 7) is 6.47. The fraction of sp³-hybridized carbons (Fsp3) is 0.545. The fourth-order valence-corrected chi connectivity index (χ4v) is 3.48. The molecule has 0 radical (unpaired) electrons. The number of methoxy groups -OCH3 is 1. The van der Waals surface area contributed by atoms with Gasteiger partial charge in [0.05, 0.1) is 18.7 Å². The Balaban J connectivity index is 1.95. The van der Waals surface area contributed by atoms with Crippen LogP contribution in [-0.2, 0) is 9.59 Å². The minimum Gasteiger partial charge on any atom is -0.493 e. The van der Waals surface area contributed by atoms with E-state index in [-0.39, 0.29) is 17.7 Å². The van der Waals surface area contributed by atoms with Crippen LogP contribution < -0.4 is 14.8 Å². The van der Waals surface area contributed by atoms with Crippen LogP contribution in [0.15, 0.2) is 18.2 Å². The molecule has 29 heavy (non-hydrogen) atoms. The number of hydrogen-bond donors (Lipinski definition) is 1. The van der Waals surface area contributed by atoms with Gasteiger partial charge in [0, 0.05) is 31.6 Å². The summed E-state index contributed by atoms with van der Waals surface area (Å²) in [4.78, 5) is 26.4. The Labute approximate surface area is 178 Å². The van der Waals surface area contributed by atoms with Crippen molar-refractivity contribution in [3.8, 4) is 11.5 Å². The molecule has 1 aromatic rings. The van der Waals surface area contributed by atoms with Crippen LogP contribution in [0.3, 0.4) is 0 Å². The number of benzene rings is 1. The molecule has 6 nitrogen and oxygen atoms in total. The minimum atomic E-state index is -0.0705. The highest BCUT2D eigenvalue weighted by Crippen LogP contribution is 2.36. The lowest BCUT2D eigenvalue weighted by molar-refractivity contribution is -0.132. The average Bonchev–Trinajstić information content (AvgIpc) is 2.74. The zero-order valence-corrected chi connectivity index (χ0v) is 18.3. The third kappa shape index (κ3) is 6.67. The molecule has 0 aliphatic carbocycles. The number of hydrogen-bond acceptors (Lipinski definition) is 4. The molecule has 0 bridgehead atoms. The molecule has 160 valence electrons. The molecule has 0 atom stereocenters. The first-order valence-corrected chi connectivity index (χ1v) is 10.6. The van der Waals surface area contributed by atoms with Crippen LogP contribution in [0.5, 0.6) is 11.5 Å². The van der Waals surface area contributed by atoms with Crippen molar-refractivity contribution in [3.63, 3.8) is 0 Å². The number of ether oxygens (including phenoxy) is 2. The van der Waals surface area contributed by atoms with Crippen LogP contribution >= 0.6 is 11.6 Å². The molecule has 2 rings (SSSR count). The molecule has 0 spiro atoms. The lowest BCUT2D eigenvalue weighted by atomic mass is 9.96. The topological polar surface area (TPSA) is 67.9 Å². The van der Waals surface area contributed by atoms with Gasteiger partial charge in [0.1, 0.15) is 0 Å². The number of carbonyl (C=O) groups is 2. The van der Waals surface area contributed by atoms with Gasteiger partial charge < -0.3 is 19.7 Å². The average molecular weight is 423 g/mol. The van der Waals surface area contributed by atoms with E-state index in [2.05, 4.69) is 5.32 Å². The number of carbonyl (C=O) groups excluding carboxylic acids is 2. The van der Waals surface area contributed by atoms with Gasteiger partial charge in [0.25, 0.3) is 0 Å². The van der Waals surface area contributed by atoms with Gasteiger partial charge in [-0.05, 0) is 49.5 Å². The van der Waals surface area contributed by atoms with E-state index in [4.69, 9.17) is 21.1 Å². The quantitative estimate of drug-likeness (QED) is 0.612. The third-order valence-electron chi connectivity index (χ3n) is 4.85. The van der Waals surface area contributed by atoms with Crippen molar-refractivity contribution >= 4 is 29.5 Å².